The third-order valence-electron chi connectivity index (χ3n) is 2.64. The number of anilines is 1. The summed E-state index contributed by atoms with van der Waals surface area (Å²) in [5.41, 5.74) is 2.45. The molecule has 0 aromatic heterocycles. The quantitative estimate of drug-likeness (QED) is 0.697. The molecule has 0 aliphatic carbocycles. The van der Waals surface area contributed by atoms with Gasteiger partial charge < -0.3 is 4.90 Å². The first-order valence-electron chi connectivity index (χ1n) is 4.71. The van der Waals surface area contributed by atoms with Crippen molar-refractivity contribution in [3.05, 3.63) is 29.8 Å². The fourth-order valence-corrected chi connectivity index (χ4v) is 2.13. The van der Waals surface area contributed by atoms with Gasteiger partial charge in [-0.3, -0.25) is 4.79 Å². The highest BCUT2D eigenvalue weighted by atomic mass is 35.5. The van der Waals surface area contributed by atoms with E-state index >= 15 is 0 Å². The maximum atomic E-state index is 10.9. The van der Waals surface area contributed by atoms with Crippen LogP contribution in [0.15, 0.2) is 24.3 Å². The SMILES string of the molecule is CC1Cc2ccccc2N1CC(=O)Cl. The Balaban J connectivity index is 2.30. The lowest BCUT2D eigenvalue weighted by atomic mass is 10.1. The third-order valence-corrected chi connectivity index (χ3v) is 2.76. The van der Waals surface area contributed by atoms with Crippen molar-refractivity contribution in [2.45, 2.75) is 19.4 Å². The van der Waals surface area contributed by atoms with Gasteiger partial charge in [0.15, 0.2) is 0 Å². The molecule has 1 heterocycles. The van der Waals surface area contributed by atoms with Crippen LogP contribution in [0.25, 0.3) is 0 Å². The zero-order chi connectivity index (χ0) is 10.1. The van der Waals surface area contributed by atoms with Gasteiger partial charge in [0.2, 0.25) is 5.24 Å². The zero-order valence-electron chi connectivity index (χ0n) is 8.03. The topological polar surface area (TPSA) is 20.3 Å². The second-order valence-electron chi connectivity index (χ2n) is 3.66. The Kier molecular flexibility index (Phi) is 2.46. The molecule has 0 radical (unpaired) electrons. The van der Waals surface area contributed by atoms with Crippen molar-refractivity contribution in [3.8, 4) is 0 Å². The number of benzene rings is 1. The predicted octanol–water partition coefficient (Wildman–Crippen LogP) is 2.20. The van der Waals surface area contributed by atoms with Gasteiger partial charge in [0.05, 0.1) is 6.54 Å². The molecule has 0 amide bonds. The van der Waals surface area contributed by atoms with Crippen LogP contribution < -0.4 is 4.90 Å². The monoisotopic (exact) mass is 209 g/mol. The van der Waals surface area contributed by atoms with Crippen LogP contribution in [-0.2, 0) is 11.2 Å². The molecule has 0 spiro atoms. The lowest BCUT2D eigenvalue weighted by molar-refractivity contribution is -0.110. The van der Waals surface area contributed by atoms with Crippen LogP contribution in [0.4, 0.5) is 5.69 Å². The first-order chi connectivity index (χ1) is 6.68. The average Bonchev–Trinajstić information content (AvgIpc) is 2.43. The Morgan fingerprint density at radius 2 is 2.29 bits per heavy atom. The number of fused-ring (bicyclic) bond motifs is 1. The summed E-state index contributed by atoms with van der Waals surface area (Å²) < 4.78 is 0. The van der Waals surface area contributed by atoms with Crippen LogP contribution in [0, 0.1) is 0 Å². The second-order valence-corrected chi connectivity index (χ2v) is 4.09. The molecule has 1 aliphatic rings. The van der Waals surface area contributed by atoms with Crippen LogP contribution >= 0.6 is 11.6 Å². The Bertz CT molecular complexity index is 364. The fraction of sp³-hybridized carbons (Fsp3) is 0.364. The van der Waals surface area contributed by atoms with E-state index in [4.69, 9.17) is 11.6 Å². The van der Waals surface area contributed by atoms with E-state index in [-0.39, 0.29) is 5.24 Å². The molecule has 0 bridgehead atoms. The summed E-state index contributed by atoms with van der Waals surface area (Å²) in [6, 6.07) is 8.53. The molecule has 0 N–H and O–H groups in total. The lowest BCUT2D eigenvalue weighted by Crippen LogP contribution is -2.32. The standard InChI is InChI=1S/C11H12ClNO/c1-8-6-9-4-2-3-5-10(9)13(8)7-11(12)14/h2-5,8H,6-7H2,1H3. The van der Waals surface area contributed by atoms with Crippen molar-refractivity contribution < 1.29 is 4.79 Å². The van der Waals surface area contributed by atoms with E-state index in [1.165, 1.54) is 5.56 Å². The molecule has 1 aromatic carbocycles. The summed E-state index contributed by atoms with van der Waals surface area (Å²) >= 11 is 5.41. The predicted molar refractivity (Wildman–Crippen MR) is 57.8 cm³/mol. The minimum Gasteiger partial charge on any atom is -0.360 e. The summed E-state index contributed by atoms with van der Waals surface area (Å²) in [4.78, 5) is 12.9. The van der Waals surface area contributed by atoms with Gasteiger partial charge in [-0.25, -0.2) is 0 Å². The molecule has 1 atom stereocenters. The molecule has 0 fully saturated rings. The van der Waals surface area contributed by atoms with E-state index in [1.54, 1.807) is 0 Å². The summed E-state index contributed by atoms with van der Waals surface area (Å²) in [5, 5.41) is -0.298. The second kappa shape index (κ2) is 3.62. The number of rotatable bonds is 2. The molecule has 2 rings (SSSR count). The Hall–Kier alpha value is -1.02. The van der Waals surface area contributed by atoms with Gasteiger partial charge in [0.25, 0.3) is 0 Å². The summed E-state index contributed by atoms with van der Waals surface area (Å²) in [5.74, 6) is 0. The normalized spacial score (nSPS) is 19.6. The number of hydrogen-bond donors (Lipinski definition) is 0. The Morgan fingerprint density at radius 3 is 3.00 bits per heavy atom. The van der Waals surface area contributed by atoms with Crippen molar-refractivity contribution in [1.29, 1.82) is 0 Å². The number of nitrogens with zero attached hydrogens (tertiary/aromatic N) is 1. The van der Waals surface area contributed by atoms with Gasteiger partial charge in [-0.15, -0.1) is 0 Å². The summed E-state index contributed by atoms with van der Waals surface area (Å²) in [7, 11) is 0. The number of halogens is 1. The van der Waals surface area contributed by atoms with Crippen molar-refractivity contribution in [2.24, 2.45) is 0 Å². The van der Waals surface area contributed by atoms with Gasteiger partial charge in [0, 0.05) is 11.7 Å². The van der Waals surface area contributed by atoms with Gasteiger partial charge in [0.1, 0.15) is 0 Å². The minimum absolute atomic E-state index is 0.298. The van der Waals surface area contributed by atoms with Gasteiger partial charge in [-0.2, -0.15) is 0 Å². The maximum Gasteiger partial charge on any atom is 0.240 e. The molecule has 1 unspecified atom stereocenters. The van der Waals surface area contributed by atoms with Crippen LogP contribution in [0.3, 0.4) is 0 Å². The number of carbonyl (C=O) groups excluding carboxylic acids is 1. The van der Waals surface area contributed by atoms with Crippen LogP contribution in [0.5, 0.6) is 0 Å². The molecular formula is C11H12ClNO. The van der Waals surface area contributed by atoms with E-state index < -0.39 is 0 Å². The van der Waals surface area contributed by atoms with E-state index in [1.807, 2.05) is 18.2 Å². The summed E-state index contributed by atoms with van der Waals surface area (Å²) in [6.45, 7) is 2.42. The molecular weight excluding hydrogens is 198 g/mol. The molecule has 1 aliphatic heterocycles. The van der Waals surface area contributed by atoms with Gasteiger partial charge >= 0.3 is 0 Å². The van der Waals surface area contributed by atoms with Crippen LogP contribution in [-0.4, -0.2) is 17.8 Å². The maximum absolute atomic E-state index is 10.9. The van der Waals surface area contributed by atoms with Crippen molar-refractivity contribution in [3.63, 3.8) is 0 Å². The summed E-state index contributed by atoms with van der Waals surface area (Å²) in [6.07, 6.45) is 1.00. The minimum atomic E-state index is -0.298. The molecule has 0 saturated heterocycles. The average molecular weight is 210 g/mol. The molecule has 3 heteroatoms. The number of carbonyl (C=O) groups is 1. The lowest BCUT2D eigenvalue weighted by Gasteiger charge is -2.22. The Labute approximate surface area is 88.5 Å². The van der Waals surface area contributed by atoms with Crippen molar-refractivity contribution >= 4 is 22.5 Å². The van der Waals surface area contributed by atoms with Crippen molar-refractivity contribution in [2.75, 3.05) is 11.4 Å². The molecule has 14 heavy (non-hydrogen) atoms. The third kappa shape index (κ3) is 1.62. The Morgan fingerprint density at radius 1 is 1.57 bits per heavy atom. The number of para-hydroxylation sites is 1. The largest absolute Gasteiger partial charge is 0.360 e. The van der Waals surface area contributed by atoms with Crippen LogP contribution in [0.2, 0.25) is 0 Å². The van der Waals surface area contributed by atoms with E-state index in [2.05, 4.69) is 17.9 Å². The first-order valence-corrected chi connectivity index (χ1v) is 5.09. The van der Waals surface area contributed by atoms with E-state index in [0.29, 0.717) is 12.6 Å². The van der Waals surface area contributed by atoms with E-state index in [9.17, 15) is 4.79 Å². The molecule has 0 saturated carbocycles. The molecule has 2 nitrogen and oxygen atoms in total. The van der Waals surface area contributed by atoms with E-state index in [0.717, 1.165) is 12.1 Å². The van der Waals surface area contributed by atoms with Crippen molar-refractivity contribution in [1.82, 2.24) is 0 Å². The zero-order valence-corrected chi connectivity index (χ0v) is 8.79. The number of hydrogen-bond acceptors (Lipinski definition) is 2. The van der Waals surface area contributed by atoms with Crippen LogP contribution in [0.1, 0.15) is 12.5 Å². The highest BCUT2D eigenvalue weighted by Crippen LogP contribution is 2.31. The highest BCUT2D eigenvalue weighted by molar-refractivity contribution is 6.64. The molecule has 1 aromatic rings. The fourth-order valence-electron chi connectivity index (χ4n) is 2.00. The highest BCUT2D eigenvalue weighted by Gasteiger charge is 2.26. The smallest absolute Gasteiger partial charge is 0.240 e. The van der Waals surface area contributed by atoms with Gasteiger partial charge in [-0.05, 0) is 36.6 Å². The first kappa shape index (κ1) is 9.53. The van der Waals surface area contributed by atoms with Gasteiger partial charge in [-0.1, -0.05) is 18.2 Å². The molecule has 74 valence electrons.